The highest BCUT2D eigenvalue weighted by atomic mass is 28.3. The van der Waals surface area contributed by atoms with Gasteiger partial charge in [-0.2, -0.15) is 0 Å². The molecule has 0 unspecified atom stereocenters. The van der Waals surface area contributed by atoms with Crippen molar-refractivity contribution in [3.8, 4) is 0 Å². The van der Waals surface area contributed by atoms with Crippen LogP contribution in [0.1, 0.15) is 32.3 Å². The van der Waals surface area contributed by atoms with E-state index in [1.807, 2.05) is 37.3 Å². The molecule has 1 rings (SSSR count). The maximum Gasteiger partial charge on any atom is 0.0970 e. The van der Waals surface area contributed by atoms with Gasteiger partial charge in [-0.25, -0.2) is 0 Å². The van der Waals surface area contributed by atoms with Crippen molar-refractivity contribution in [1.29, 1.82) is 0 Å². The van der Waals surface area contributed by atoms with Crippen LogP contribution in [0.3, 0.4) is 0 Å². The van der Waals surface area contributed by atoms with Gasteiger partial charge in [-0.05, 0) is 25.5 Å². The molecule has 0 radical (unpaired) electrons. The van der Waals surface area contributed by atoms with E-state index in [0.717, 1.165) is 17.2 Å². The minimum Gasteiger partial charge on any atom is -0.384 e. The van der Waals surface area contributed by atoms with E-state index in [1.54, 1.807) is 0 Å². The smallest absolute Gasteiger partial charge is 0.0970 e. The number of benzene rings is 1. The first-order valence-electron chi connectivity index (χ1n) is 7.70. The Bertz CT molecular complexity index is 496. The molecule has 1 atom stereocenters. The first-order chi connectivity index (χ1) is 9.62. The van der Waals surface area contributed by atoms with Crippen LogP contribution in [0, 0.1) is 0 Å². The van der Waals surface area contributed by atoms with Gasteiger partial charge in [0.2, 0.25) is 0 Å². The Hall–Kier alpha value is -1.12. The first-order valence-corrected chi connectivity index (χ1v) is 11.4. The molecule has 2 heteroatoms. The second kappa shape index (κ2) is 7.23. The Kier molecular flexibility index (Phi) is 6.18. The molecule has 0 aliphatic carbocycles. The van der Waals surface area contributed by atoms with Gasteiger partial charge in [-0.3, -0.25) is 0 Å². The van der Waals surface area contributed by atoms with Gasteiger partial charge in [0, 0.05) is 20.9 Å². The SMILES string of the molecule is C=C(C)C[C@@](O)(C/C(C)=C/C[Si](C)(C)C)c1ccccc1. The molecule has 116 valence electrons. The van der Waals surface area contributed by atoms with Crippen LogP contribution in [0.2, 0.25) is 25.7 Å². The predicted octanol–water partition coefficient (Wildman–Crippen LogP) is 5.52. The number of hydrogen-bond acceptors (Lipinski definition) is 1. The average Bonchev–Trinajstić information content (AvgIpc) is 2.35. The summed E-state index contributed by atoms with van der Waals surface area (Å²) in [6, 6.07) is 11.1. The maximum atomic E-state index is 11.2. The van der Waals surface area contributed by atoms with E-state index >= 15 is 0 Å². The zero-order valence-electron chi connectivity index (χ0n) is 14.2. The van der Waals surface area contributed by atoms with Crippen LogP contribution in [-0.2, 0) is 5.60 Å². The molecule has 1 aromatic carbocycles. The highest BCUT2D eigenvalue weighted by Gasteiger charge is 2.29. The third kappa shape index (κ3) is 6.45. The van der Waals surface area contributed by atoms with E-state index in [4.69, 9.17) is 0 Å². The van der Waals surface area contributed by atoms with Gasteiger partial charge in [0.05, 0.1) is 5.60 Å². The fourth-order valence-electron chi connectivity index (χ4n) is 2.53. The molecule has 0 saturated carbocycles. The summed E-state index contributed by atoms with van der Waals surface area (Å²) in [5.41, 5.74) is 2.42. The second-order valence-electron chi connectivity index (χ2n) is 7.52. The maximum absolute atomic E-state index is 11.2. The number of allylic oxidation sites excluding steroid dienone is 1. The van der Waals surface area contributed by atoms with Gasteiger partial charge in [0.25, 0.3) is 0 Å². The monoisotopic (exact) mass is 302 g/mol. The summed E-state index contributed by atoms with van der Waals surface area (Å²) in [4.78, 5) is 0. The zero-order chi connectivity index (χ0) is 16.1. The topological polar surface area (TPSA) is 20.2 Å². The van der Waals surface area contributed by atoms with Crippen LogP contribution in [0.25, 0.3) is 0 Å². The molecule has 0 bridgehead atoms. The van der Waals surface area contributed by atoms with E-state index in [0.29, 0.717) is 12.8 Å². The summed E-state index contributed by atoms with van der Waals surface area (Å²) in [5.74, 6) is 0. The second-order valence-corrected chi connectivity index (χ2v) is 13.1. The van der Waals surface area contributed by atoms with Crippen molar-refractivity contribution in [3.05, 3.63) is 59.7 Å². The molecule has 0 aliphatic rings. The van der Waals surface area contributed by atoms with Crippen molar-refractivity contribution in [2.45, 2.75) is 58.0 Å². The van der Waals surface area contributed by atoms with Crippen molar-refractivity contribution in [2.75, 3.05) is 0 Å². The van der Waals surface area contributed by atoms with Crippen LogP contribution < -0.4 is 0 Å². The normalized spacial score (nSPS) is 15.6. The molecule has 1 aromatic rings. The van der Waals surface area contributed by atoms with Gasteiger partial charge in [-0.15, -0.1) is 6.58 Å². The highest BCUT2D eigenvalue weighted by Crippen LogP contribution is 2.34. The molecule has 0 heterocycles. The Labute approximate surface area is 131 Å². The van der Waals surface area contributed by atoms with Gasteiger partial charge >= 0.3 is 0 Å². The van der Waals surface area contributed by atoms with Gasteiger partial charge in [-0.1, -0.05) is 67.2 Å². The summed E-state index contributed by atoms with van der Waals surface area (Å²) in [7, 11) is -1.08. The summed E-state index contributed by atoms with van der Waals surface area (Å²) < 4.78 is 0. The molecule has 0 fully saturated rings. The van der Waals surface area contributed by atoms with Crippen molar-refractivity contribution in [2.24, 2.45) is 0 Å². The average molecular weight is 303 g/mol. The summed E-state index contributed by atoms with van der Waals surface area (Å²) in [5, 5.41) is 11.2. The molecule has 21 heavy (non-hydrogen) atoms. The Morgan fingerprint density at radius 2 is 1.71 bits per heavy atom. The minimum atomic E-state index is -1.08. The minimum absolute atomic E-state index is 0.606. The van der Waals surface area contributed by atoms with Crippen LogP contribution >= 0.6 is 0 Å². The summed E-state index contributed by atoms with van der Waals surface area (Å²) in [6.07, 6.45) is 3.60. The Balaban J connectivity index is 2.96. The third-order valence-corrected chi connectivity index (χ3v) is 4.97. The summed E-state index contributed by atoms with van der Waals surface area (Å²) in [6.45, 7) is 15.2. The predicted molar refractivity (Wildman–Crippen MR) is 96.3 cm³/mol. The molecule has 0 amide bonds. The van der Waals surface area contributed by atoms with Crippen LogP contribution in [-0.4, -0.2) is 13.2 Å². The van der Waals surface area contributed by atoms with E-state index in [9.17, 15) is 5.11 Å². The Morgan fingerprint density at radius 1 is 1.14 bits per heavy atom. The molecule has 1 N–H and O–H groups in total. The molecule has 0 saturated heterocycles. The van der Waals surface area contributed by atoms with E-state index in [-0.39, 0.29) is 0 Å². The lowest BCUT2D eigenvalue weighted by molar-refractivity contribution is 0.0373. The molecular formula is C19H30OSi. The largest absolute Gasteiger partial charge is 0.384 e. The van der Waals surface area contributed by atoms with Crippen molar-refractivity contribution >= 4 is 8.07 Å². The van der Waals surface area contributed by atoms with E-state index < -0.39 is 13.7 Å². The van der Waals surface area contributed by atoms with Crippen molar-refractivity contribution < 1.29 is 5.11 Å². The lowest BCUT2D eigenvalue weighted by atomic mass is 9.82. The Morgan fingerprint density at radius 3 is 2.19 bits per heavy atom. The van der Waals surface area contributed by atoms with E-state index in [2.05, 4.69) is 39.2 Å². The lowest BCUT2D eigenvalue weighted by Crippen LogP contribution is -2.26. The lowest BCUT2D eigenvalue weighted by Gasteiger charge is -2.30. The van der Waals surface area contributed by atoms with Crippen LogP contribution in [0.4, 0.5) is 0 Å². The van der Waals surface area contributed by atoms with Gasteiger partial charge < -0.3 is 5.11 Å². The molecule has 0 aromatic heterocycles. The van der Waals surface area contributed by atoms with Crippen LogP contribution in [0.5, 0.6) is 0 Å². The molecule has 0 aliphatic heterocycles. The fraction of sp³-hybridized carbons (Fsp3) is 0.474. The zero-order valence-corrected chi connectivity index (χ0v) is 15.2. The highest BCUT2D eigenvalue weighted by molar-refractivity contribution is 6.76. The molecular weight excluding hydrogens is 272 g/mol. The van der Waals surface area contributed by atoms with Gasteiger partial charge in [0.15, 0.2) is 0 Å². The van der Waals surface area contributed by atoms with E-state index in [1.165, 1.54) is 5.57 Å². The van der Waals surface area contributed by atoms with Gasteiger partial charge in [0.1, 0.15) is 0 Å². The molecule has 1 nitrogen and oxygen atoms in total. The molecule has 0 spiro atoms. The van der Waals surface area contributed by atoms with Crippen molar-refractivity contribution in [3.63, 3.8) is 0 Å². The standard InChI is InChI=1S/C19H30OSi/c1-16(2)14-19(20,18-10-8-7-9-11-18)15-17(3)12-13-21(4,5)6/h7-12,20H,1,13-15H2,2-6H3/b17-12+/t19-/m1/s1. The first kappa shape index (κ1) is 17.9. The number of aliphatic hydroxyl groups is 1. The summed E-state index contributed by atoms with van der Waals surface area (Å²) >= 11 is 0. The van der Waals surface area contributed by atoms with Crippen molar-refractivity contribution in [1.82, 2.24) is 0 Å². The van der Waals surface area contributed by atoms with Crippen LogP contribution in [0.15, 0.2) is 54.1 Å². The third-order valence-electron chi connectivity index (χ3n) is 3.54. The number of hydrogen-bond donors (Lipinski definition) is 1. The fourth-order valence-corrected chi connectivity index (χ4v) is 3.49. The number of rotatable bonds is 7. The quantitative estimate of drug-likeness (QED) is 0.520.